The Hall–Kier alpha value is -1.26. The highest BCUT2D eigenvalue weighted by atomic mass is 32.1. The molecule has 0 radical (unpaired) electrons. The van der Waals surface area contributed by atoms with Crippen LogP contribution in [0.5, 0.6) is 0 Å². The van der Waals surface area contributed by atoms with E-state index in [1.54, 1.807) is 23.5 Å². The standard InChI is InChI=1S/C15H17FN2S/c1-10-9-19-15(18-10)8-17-14-6-12(7-14)11-3-2-4-13(16)5-11/h2-5,9,12,14,17H,6-8H2,1H3. The van der Waals surface area contributed by atoms with E-state index in [-0.39, 0.29) is 5.82 Å². The Morgan fingerprint density at radius 1 is 1.42 bits per heavy atom. The largest absolute Gasteiger partial charge is 0.308 e. The first-order valence-corrected chi connectivity index (χ1v) is 7.48. The number of hydrogen-bond acceptors (Lipinski definition) is 3. The Balaban J connectivity index is 1.48. The van der Waals surface area contributed by atoms with Gasteiger partial charge in [0.2, 0.25) is 0 Å². The first-order valence-electron chi connectivity index (χ1n) is 6.60. The Morgan fingerprint density at radius 3 is 2.95 bits per heavy atom. The van der Waals surface area contributed by atoms with E-state index in [4.69, 9.17) is 0 Å². The van der Waals surface area contributed by atoms with Crippen LogP contribution in [0.4, 0.5) is 4.39 Å². The predicted octanol–water partition coefficient (Wildman–Crippen LogP) is 3.63. The van der Waals surface area contributed by atoms with E-state index in [0.717, 1.165) is 35.7 Å². The van der Waals surface area contributed by atoms with Crippen molar-refractivity contribution in [1.29, 1.82) is 0 Å². The van der Waals surface area contributed by atoms with Crippen LogP contribution in [-0.2, 0) is 6.54 Å². The van der Waals surface area contributed by atoms with Crippen molar-refractivity contribution in [3.8, 4) is 0 Å². The lowest BCUT2D eigenvalue weighted by molar-refractivity contribution is 0.289. The van der Waals surface area contributed by atoms with E-state index in [1.807, 2.05) is 13.0 Å². The lowest BCUT2D eigenvalue weighted by atomic mass is 9.76. The van der Waals surface area contributed by atoms with Gasteiger partial charge in [0.25, 0.3) is 0 Å². The molecule has 0 saturated heterocycles. The number of nitrogens with zero attached hydrogens (tertiary/aromatic N) is 1. The van der Waals surface area contributed by atoms with Crippen LogP contribution in [-0.4, -0.2) is 11.0 Å². The van der Waals surface area contributed by atoms with Crippen molar-refractivity contribution in [3.05, 3.63) is 51.7 Å². The summed E-state index contributed by atoms with van der Waals surface area (Å²) in [7, 11) is 0. The Bertz CT molecular complexity index is 561. The maximum absolute atomic E-state index is 13.1. The number of nitrogens with one attached hydrogen (secondary N) is 1. The van der Waals surface area contributed by atoms with E-state index in [1.165, 1.54) is 6.07 Å². The molecule has 1 aliphatic carbocycles. The summed E-state index contributed by atoms with van der Waals surface area (Å²) in [6, 6.07) is 7.52. The molecule has 0 amide bonds. The van der Waals surface area contributed by atoms with Gasteiger partial charge in [-0.05, 0) is 43.4 Å². The van der Waals surface area contributed by atoms with Crippen LogP contribution in [0.2, 0.25) is 0 Å². The fourth-order valence-electron chi connectivity index (χ4n) is 2.53. The van der Waals surface area contributed by atoms with E-state index in [0.29, 0.717) is 12.0 Å². The van der Waals surface area contributed by atoms with E-state index >= 15 is 0 Å². The van der Waals surface area contributed by atoms with Gasteiger partial charge in [-0.25, -0.2) is 9.37 Å². The van der Waals surface area contributed by atoms with Gasteiger partial charge in [0.1, 0.15) is 10.8 Å². The average Bonchev–Trinajstić information content (AvgIpc) is 2.73. The van der Waals surface area contributed by atoms with E-state index < -0.39 is 0 Å². The molecule has 2 nitrogen and oxygen atoms in total. The third-order valence-electron chi connectivity index (χ3n) is 3.67. The van der Waals surface area contributed by atoms with Gasteiger partial charge in [-0.15, -0.1) is 11.3 Å². The summed E-state index contributed by atoms with van der Waals surface area (Å²) >= 11 is 1.70. The highest BCUT2D eigenvalue weighted by molar-refractivity contribution is 7.09. The summed E-state index contributed by atoms with van der Waals surface area (Å²) in [4.78, 5) is 4.44. The minimum Gasteiger partial charge on any atom is -0.308 e. The number of benzene rings is 1. The summed E-state index contributed by atoms with van der Waals surface area (Å²) in [5.74, 6) is 0.374. The molecule has 0 spiro atoms. The van der Waals surface area contributed by atoms with Crippen LogP contribution < -0.4 is 5.32 Å². The van der Waals surface area contributed by atoms with Gasteiger partial charge in [-0.2, -0.15) is 0 Å². The van der Waals surface area contributed by atoms with Gasteiger partial charge < -0.3 is 5.32 Å². The van der Waals surface area contributed by atoms with E-state index in [2.05, 4.69) is 15.7 Å². The van der Waals surface area contributed by atoms with Crippen LogP contribution in [0.1, 0.15) is 35.0 Å². The molecule has 19 heavy (non-hydrogen) atoms. The van der Waals surface area contributed by atoms with Crippen molar-refractivity contribution >= 4 is 11.3 Å². The van der Waals surface area contributed by atoms with Crippen molar-refractivity contribution < 1.29 is 4.39 Å². The molecule has 4 heteroatoms. The molecule has 1 aromatic heterocycles. The lowest BCUT2D eigenvalue weighted by Crippen LogP contribution is -2.39. The SMILES string of the molecule is Cc1csc(CNC2CC(c3cccc(F)c3)C2)n1. The number of halogens is 1. The third kappa shape index (κ3) is 3.01. The minimum absolute atomic E-state index is 0.132. The maximum atomic E-state index is 13.1. The zero-order valence-electron chi connectivity index (χ0n) is 10.9. The molecule has 0 atom stereocenters. The molecule has 1 N–H and O–H groups in total. The second-order valence-corrected chi connectivity index (χ2v) is 6.13. The lowest BCUT2D eigenvalue weighted by Gasteiger charge is -2.36. The molecule has 100 valence electrons. The molecule has 1 aliphatic rings. The molecule has 1 aromatic carbocycles. The summed E-state index contributed by atoms with van der Waals surface area (Å²) in [5, 5.41) is 6.74. The molecule has 0 unspecified atom stereocenters. The molecular formula is C15H17FN2S. The topological polar surface area (TPSA) is 24.9 Å². The van der Waals surface area contributed by atoms with Gasteiger partial charge in [0.05, 0.1) is 0 Å². The van der Waals surface area contributed by atoms with Gasteiger partial charge in [-0.1, -0.05) is 12.1 Å². The highest BCUT2D eigenvalue weighted by Crippen LogP contribution is 2.37. The summed E-state index contributed by atoms with van der Waals surface area (Å²) < 4.78 is 13.1. The predicted molar refractivity (Wildman–Crippen MR) is 75.9 cm³/mol. The molecule has 1 saturated carbocycles. The van der Waals surface area contributed by atoms with Crippen molar-refractivity contribution in [1.82, 2.24) is 10.3 Å². The Kier molecular flexibility index (Phi) is 3.62. The second kappa shape index (κ2) is 5.39. The number of rotatable bonds is 4. The summed E-state index contributed by atoms with van der Waals surface area (Å²) in [6.07, 6.45) is 2.18. The second-order valence-electron chi connectivity index (χ2n) is 5.18. The quantitative estimate of drug-likeness (QED) is 0.922. The number of aromatic nitrogens is 1. The van der Waals surface area contributed by atoms with Crippen LogP contribution >= 0.6 is 11.3 Å². The molecule has 0 aliphatic heterocycles. The maximum Gasteiger partial charge on any atom is 0.123 e. The van der Waals surface area contributed by atoms with Crippen molar-refractivity contribution in [2.75, 3.05) is 0 Å². The first kappa shape index (κ1) is 12.8. The molecule has 1 heterocycles. The molecule has 0 bridgehead atoms. The van der Waals surface area contributed by atoms with Crippen LogP contribution in [0.3, 0.4) is 0 Å². The molecular weight excluding hydrogens is 259 g/mol. The number of thiazole rings is 1. The van der Waals surface area contributed by atoms with Gasteiger partial charge in [0, 0.05) is 23.7 Å². The normalized spacial score (nSPS) is 22.2. The zero-order chi connectivity index (χ0) is 13.2. The fraction of sp³-hybridized carbons (Fsp3) is 0.400. The Labute approximate surface area is 116 Å². The zero-order valence-corrected chi connectivity index (χ0v) is 11.7. The van der Waals surface area contributed by atoms with Crippen LogP contribution in [0.15, 0.2) is 29.6 Å². The average molecular weight is 276 g/mol. The van der Waals surface area contributed by atoms with Gasteiger partial charge in [0.15, 0.2) is 0 Å². The number of aryl methyl sites for hydroxylation is 1. The third-order valence-corrected chi connectivity index (χ3v) is 4.63. The molecule has 3 rings (SSSR count). The van der Waals surface area contributed by atoms with E-state index in [9.17, 15) is 4.39 Å². The van der Waals surface area contributed by atoms with Gasteiger partial charge >= 0.3 is 0 Å². The van der Waals surface area contributed by atoms with Crippen molar-refractivity contribution in [2.24, 2.45) is 0 Å². The minimum atomic E-state index is -0.132. The first-order chi connectivity index (χ1) is 9.20. The summed E-state index contributed by atoms with van der Waals surface area (Å²) in [5.41, 5.74) is 2.22. The van der Waals surface area contributed by atoms with Gasteiger partial charge in [-0.3, -0.25) is 0 Å². The molecule has 2 aromatic rings. The highest BCUT2D eigenvalue weighted by Gasteiger charge is 2.30. The fourth-order valence-corrected chi connectivity index (χ4v) is 3.26. The van der Waals surface area contributed by atoms with Crippen LogP contribution in [0.25, 0.3) is 0 Å². The van der Waals surface area contributed by atoms with Crippen molar-refractivity contribution in [3.63, 3.8) is 0 Å². The smallest absolute Gasteiger partial charge is 0.123 e. The van der Waals surface area contributed by atoms with Crippen molar-refractivity contribution in [2.45, 2.75) is 38.3 Å². The molecule has 1 fully saturated rings. The monoisotopic (exact) mass is 276 g/mol. The van der Waals surface area contributed by atoms with Crippen LogP contribution in [0, 0.1) is 12.7 Å². The summed E-state index contributed by atoms with van der Waals surface area (Å²) in [6.45, 7) is 2.86. The Morgan fingerprint density at radius 2 is 2.26 bits per heavy atom. The number of hydrogen-bond donors (Lipinski definition) is 1.